The lowest BCUT2D eigenvalue weighted by Gasteiger charge is -2.33. The molecule has 0 N–H and O–H groups in total. The van der Waals surface area contributed by atoms with Gasteiger partial charge < -0.3 is 18.9 Å². The topological polar surface area (TPSA) is 74.3 Å². The number of hydrogen-bond acceptors (Lipinski definition) is 7. The summed E-state index contributed by atoms with van der Waals surface area (Å²) < 4.78 is 22.1. The van der Waals surface area contributed by atoms with Crippen LogP contribution in [-0.4, -0.2) is 68.2 Å². The summed E-state index contributed by atoms with van der Waals surface area (Å²) in [6, 6.07) is 0. The van der Waals surface area contributed by atoms with Crippen LogP contribution < -0.4 is 0 Å². The van der Waals surface area contributed by atoms with E-state index >= 15 is 0 Å². The van der Waals surface area contributed by atoms with Crippen molar-refractivity contribution in [3.05, 3.63) is 0 Å². The molecule has 0 spiro atoms. The molecule has 1 atom stereocenters. The predicted octanol–water partition coefficient (Wildman–Crippen LogP) is 3.40. The Morgan fingerprint density at radius 1 is 0.857 bits per heavy atom. The number of carbonyl (C=O) groups is 2. The van der Waals surface area contributed by atoms with Crippen molar-refractivity contribution in [2.45, 2.75) is 85.2 Å². The van der Waals surface area contributed by atoms with Gasteiger partial charge in [0.15, 0.2) is 0 Å². The Morgan fingerprint density at radius 2 is 1.39 bits per heavy atom. The summed E-state index contributed by atoms with van der Waals surface area (Å²) in [5.41, 5.74) is -0.783. The molecule has 0 aliphatic carbocycles. The highest BCUT2D eigenvalue weighted by atomic mass is 16.6. The molecule has 0 radical (unpaired) electrons. The van der Waals surface area contributed by atoms with Gasteiger partial charge in [0, 0.05) is 6.42 Å². The fourth-order valence-electron chi connectivity index (χ4n) is 1.90. The van der Waals surface area contributed by atoms with Gasteiger partial charge >= 0.3 is 11.9 Å². The van der Waals surface area contributed by atoms with E-state index in [0.29, 0.717) is 19.6 Å². The minimum atomic E-state index is -0.433. The third-order valence-corrected chi connectivity index (χ3v) is 4.87. The molecule has 0 fully saturated rings. The second-order valence-electron chi connectivity index (χ2n) is 8.71. The van der Waals surface area contributed by atoms with E-state index in [1.54, 1.807) is 0 Å². The quantitative estimate of drug-likeness (QED) is 0.250. The molecule has 0 saturated heterocycles. The SMILES string of the molecule is CC(C)C(C)OC(=O)CCC(=O)OCCC(C)(C)OCCOC(C)(C)N(C)C. The highest BCUT2D eigenvalue weighted by Gasteiger charge is 2.23. The molecule has 0 heterocycles. The fourth-order valence-corrected chi connectivity index (χ4v) is 1.90. The average Bonchev–Trinajstić information content (AvgIpc) is 2.56. The maximum Gasteiger partial charge on any atom is 0.306 e. The lowest BCUT2D eigenvalue weighted by Crippen LogP contribution is -2.42. The standard InChI is InChI=1S/C21H41NO6/c1-16(2)17(3)28-19(24)11-10-18(23)25-13-12-20(4,5)26-14-15-27-21(6,7)22(8)9/h16-17H,10-15H2,1-9H3. The molecule has 0 rings (SSSR count). The number of ether oxygens (including phenoxy) is 4. The van der Waals surface area contributed by atoms with Crippen molar-refractivity contribution in [1.29, 1.82) is 0 Å². The first-order chi connectivity index (χ1) is 12.8. The number of rotatable bonds is 14. The van der Waals surface area contributed by atoms with Crippen molar-refractivity contribution >= 4 is 11.9 Å². The van der Waals surface area contributed by atoms with Gasteiger partial charge in [-0.2, -0.15) is 0 Å². The maximum absolute atomic E-state index is 11.8. The number of hydrogen-bond donors (Lipinski definition) is 0. The van der Waals surface area contributed by atoms with Gasteiger partial charge in [-0.05, 0) is 54.6 Å². The second kappa shape index (κ2) is 12.4. The molecule has 0 aliphatic heterocycles. The van der Waals surface area contributed by atoms with E-state index in [2.05, 4.69) is 0 Å². The van der Waals surface area contributed by atoms with E-state index < -0.39 is 11.6 Å². The number of esters is 2. The lowest BCUT2D eigenvalue weighted by molar-refractivity contribution is -0.156. The van der Waals surface area contributed by atoms with Gasteiger partial charge in [0.25, 0.3) is 0 Å². The minimum absolute atomic E-state index is 0.0262. The molecule has 1 unspecified atom stereocenters. The monoisotopic (exact) mass is 403 g/mol. The van der Waals surface area contributed by atoms with Gasteiger partial charge in [-0.3, -0.25) is 14.5 Å². The van der Waals surface area contributed by atoms with Crippen LogP contribution in [-0.2, 0) is 28.5 Å². The van der Waals surface area contributed by atoms with Gasteiger partial charge in [0.05, 0.1) is 38.3 Å². The summed E-state index contributed by atoms with van der Waals surface area (Å²) in [5, 5.41) is 0. The first-order valence-corrected chi connectivity index (χ1v) is 10.1. The minimum Gasteiger partial charge on any atom is -0.466 e. The Morgan fingerprint density at radius 3 is 1.93 bits per heavy atom. The third-order valence-electron chi connectivity index (χ3n) is 4.87. The van der Waals surface area contributed by atoms with Crippen molar-refractivity contribution < 1.29 is 28.5 Å². The van der Waals surface area contributed by atoms with Crippen LogP contribution in [0.1, 0.15) is 67.7 Å². The van der Waals surface area contributed by atoms with Crippen LogP contribution in [0.15, 0.2) is 0 Å². The summed E-state index contributed by atoms with van der Waals surface area (Å²) in [7, 11) is 3.92. The smallest absolute Gasteiger partial charge is 0.306 e. The van der Waals surface area contributed by atoms with Crippen molar-refractivity contribution in [1.82, 2.24) is 4.90 Å². The summed E-state index contributed by atoms with van der Waals surface area (Å²) in [4.78, 5) is 25.5. The molecule has 0 aromatic rings. The van der Waals surface area contributed by atoms with Crippen molar-refractivity contribution in [3.63, 3.8) is 0 Å². The Kier molecular flexibility index (Phi) is 11.9. The van der Waals surface area contributed by atoms with E-state index in [1.165, 1.54) is 0 Å². The molecule has 7 nitrogen and oxygen atoms in total. The molecule has 0 aliphatic rings. The van der Waals surface area contributed by atoms with Gasteiger partial charge in [0.2, 0.25) is 0 Å². The molecule has 0 amide bonds. The lowest BCUT2D eigenvalue weighted by atomic mass is 10.1. The molecular formula is C21H41NO6. The van der Waals surface area contributed by atoms with Gasteiger partial charge in [0.1, 0.15) is 11.8 Å². The van der Waals surface area contributed by atoms with E-state index in [4.69, 9.17) is 18.9 Å². The fraction of sp³-hybridized carbons (Fsp3) is 0.905. The molecule has 0 aromatic carbocycles. The first-order valence-electron chi connectivity index (χ1n) is 10.1. The largest absolute Gasteiger partial charge is 0.466 e. The molecule has 0 aromatic heterocycles. The van der Waals surface area contributed by atoms with Crippen molar-refractivity contribution in [2.75, 3.05) is 33.9 Å². The van der Waals surface area contributed by atoms with Crippen molar-refractivity contribution in [3.8, 4) is 0 Å². The summed E-state index contributed by atoms with van der Waals surface area (Å²) >= 11 is 0. The zero-order valence-corrected chi connectivity index (χ0v) is 19.3. The number of nitrogens with zero attached hydrogens (tertiary/aromatic N) is 1. The van der Waals surface area contributed by atoms with Crippen LogP contribution in [0.5, 0.6) is 0 Å². The van der Waals surface area contributed by atoms with E-state index in [1.807, 2.05) is 67.5 Å². The molecule has 166 valence electrons. The molecule has 7 heteroatoms. The second-order valence-corrected chi connectivity index (χ2v) is 8.71. The zero-order chi connectivity index (χ0) is 22.0. The Labute approximate surface area is 171 Å². The summed E-state index contributed by atoms with van der Waals surface area (Å²) in [6.07, 6.45) is 0.464. The van der Waals surface area contributed by atoms with Crippen LogP contribution in [0.3, 0.4) is 0 Å². The van der Waals surface area contributed by atoms with E-state index in [-0.39, 0.29) is 43.2 Å². The van der Waals surface area contributed by atoms with Crippen LogP contribution in [0, 0.1) is 5.92 Å². The zero-order valence-electron chi connectivity index (χ0n) is 19.3. The molecule has 0 saturated carbocycles. The summed E-state index contributed by atoms with van der Waals surface area (Å²) in [6.45, 7) is 14.9. The summed E-state index contributed by atoms with van der Waals surface area (Å²) in [5.74, 6) is -0.527. The Balaban J connectivity index is 3.97. The molecule has 0 bridgehead atoms. The first kappa shape index (κ1) is 26.8. The normalized spacial score (nSPS) is 13.7. The maximum atomic E-state index is 11.8. The highest BCUT2D eigenvalue weighted by Crippen LogP contribution is 2.16. The average molecular weight is 404 g/mol. The van der Waals surface area contributed by atoms with Crippen molar-refractivity contribution in [2.24, 2.45) is 5.92 Å². The number of carbonyl (C=O) groups excluding carboxylic acids is 2. The Hall–Kier alpha value is -1.18. The predicted molar refractivity (Wildman–Crippen MR) is 109 cm³/mol. The van der Waals surface area contributed by atoms with Crippen LogP contribution in [0.25, 0.3) is 0 Å². The van der Waals surface area contributed by atoms with Gasteiger partial charge in [-0.25, -0.2) is 0 Å². The van der Waals surface area contributed by atoms with Gasteiger partial charge in [-0.15, -0.1) is 0 Å². The highest BCUT2D eigenvalue weighted by molar-refractivity contribution is 5.77. The molecular weight excluding hydrogens is 362 g/mol. The van der Waals surface area contributed by atoms with Crippen LogP contribution in [0.2, 0.25) is 0 Å². The third kappa shape index (κ3) is 12.3. The molecule has 28 heavy (non-hydrogen) atoms. The Bertz CT molecular complexity index is 474. The van der Waals surface area contributed by atoms with Gasteiger partial charge in [-0.1, -0.05) is 13.8 Å². The van der Waals surface area contributed by atoms with Crippen LogP contribution >= 0.6 is 0 Å². The van der Waals surface area contributed by atoms with Crippen LogP contribution in [0.4, 0.5) is 0 Å². The van der Waals surface area contributed by atoms with E-state index in [0.717, 1.165) is 0 Å². The van der Waals surface area contributed by atoms with E-state index in [9.17, 15) is 9.59 Å².